The van der Waals surface area contributed by atoms with Crippen LogP contribution in [0.15, 0.2) is 42.5 Å². The number of carbonyl (C=O) groups is 1. The molecule has 0 heterocycles. The SMILES string of the molecule is Cc1ccccc1NC(=O)CC(C)NCC(O)c1c(F)cccc1F. The number of hydrogen-bond acceptors (Lipinski definition) is 3. The zero-order chi connectivity index (χ0) is 18.4. The minimum atomic E-state index is -1.33. The maximum absolute atomic E-state index is 13.6. The third kappa shape index (κ3) is 5.34. The van der Waals surface area contributed by atoms with Gasteiger partial charge in [-0.3, -0.25) is 4.79 Å². The van der Waals surface area contributed by atoms with Crippen LogP contribution >= 0.6 is 0 Å². The van der Waals surface area contributed by atoms with Gasteiger partial charge < -0.3 is 15.7 Å². The van der Waals surface area contributed by atoms with Gasteiger partial charge in [0, 0.05) is 24.7 Å². The number of carbonyl (C=O) groups excluding carboxylic acids is 1. The molecule has 0 aliphatic carbocycles. The summed E-state index contributed by atoms with van der Waals surface area (Å²) < 4.78 is 27.2. The first-order valence-corrected chi connectivity index (χ1v) is 8.09. The van der Waals surface area contributed by atoms with Crippen molar-refractivity contribution >= 4 is 11.6 Å². The van der Waals surface area contributed by atoms with E-state index in [1.54, 1.807) is 6.92 Å². The van der Waals surface area contributed by atoms with Gasteiger partial charge in [-0.2, -0.15) is 0 Å². The van der Waals surface area contributed by atoms with Crippen molar-refractivity contribution in [2.45, 2.75) is 32.4 Å². The number of rotatable bonds is 7. The highest BCUT2D eigenvalue weighted by Gasteiger charge is 2.19. The Hall–Kier alpha value is -2.31. The average Bonchev–Trinajstić information content (AvgIpc) is 2.55. The highest BCUT2D eigenvalue weighted by molar-refractivity contribution is 5.91. The topological polar surface area (TPSA) is 61.4 Å². The molecule has 0 fully saturated rings. The van der Waals surface area contributed by atoms with Crippen molar-refractivity contribution in [3.8, 4) is 0 Å². The summed E-state index contributed by atoms with van der Waals surface area (Å²) in [5.74, 6) is -1.76. The van der Waals surface area contributed by atoms with E-state index in [9.17, 15) is 18.7 Å². The molecular formula is C19H22F2N2O2. The van der Waals surface area contributed by atoms with Crippen molar-refractivity contribution in [2.24, 2.45) is 0 Å². The molecule has 0 aromatic heterocycles. The summed E-state index contributed by atoms with van der Waals surface area (Å²) in [6.07, 6.45) is -1.16. The summed E-state index contributed by atoms with van der Waals surface area (Å²) in [7, 11) is 0. The van der Waals surface area contributed by atoms with E-state index >= 15 is 0 Å². The first-order chi connectivity index (χ1) is 11.9. The van der Waals surface area contributed by atoms with E-state index in [4.69, 9.17) is 0 Å². The molecule has 0 saturated carbocycles. The number of aliphatic hydroxyl groups is 1. The molecule has 6 heteroatoms. The molecule has 2 rings (SSSR count). The predicted molar refractivity (Wildman–Crippen MR) is 93.2 cm³/mol. The first kappa shape index (κ1) is 19.0. The molecule has 2 atom stereocenters. The van der Waals surface area contributed by atoms with Crippen molar-refractivity contribution < 1.29 is 18.7 Å². The minimum Gasteiger partial charge on any atom is -0.387 e. The van der Waals surface area contributed by atoms with E-state index in [1.807, 2.05) is 31.2 Å². The van der Waals surface area contributed by atoms with Crippen LogP contribution in [0.5, 0.6) is 0 Å². The van der Waals surface area contributed by atoms with Crippen molar-refractivity contribution in [3.05, 3.63) is 65.2 Å². The lowest BCUT2D eigenvalue weighted by atomic mass is 10.1. The van der Waals surface area contributed by atoms with Gasteiger partial charge in [0.1, 0.15) is 11.6 Å². The quantitative estimate of drug-likeness (QED) is 0.719. The Balaban J connectivity index is 1.85. The van der Waals surface area contributed by atoms with Crippen molar-refractivity contribution in [1.29, 1.82) is 0 Å². The van der Waals surface area contributed by atoms with Gasteiger partial charge in [-0.1, -0.05) is 24.3 Å². The van der Waals surface area contributed by atoms with Gasteiger partial charge in [0.25, 0.3) is 0 Å². The van der Waals surface area contributed by atoms with Crippen LogP contribution in [-0.2, 0) is 4.79 Å². The van der Waals surface area contributed by atoms with Gasteiger partial charge in [-0.05, 0) is 37.6 Å². The summed E-state index contributed by atoms with van der Waals surface area (Å²) in [4.78, 5) is 12.1. The maximum Gasteiger partial charge on any atom is 0.225 e. The van der Waals surface area contributed by atoms with Gasteiger partial charge >= 0.3 is 0 Å². The monoisotopic (exact) mass is 348 g/mol. The second kappa shape index (κ2) is 8.69. The summed E-state index contributed by atoms with van der Waals surface area (Å²) in [6.45, 7) is 3.61. The molecule has 0 aliphatic rings. The van der Waals surface area contributed by atoms with Crippen LogP contribution in [0.3, 0.4) is 0 Å². The molecule has 0 saturated heterocycles. The minimum absolute atomic E-state index is 0.0589. The van der Waals surface area contributed by atoms with Crippen LogP contribution in [0, 0.1) is 18.6 Å². The van der Waals surface area contributed by atoms with Crippen LogP contribution in [0.2, 0.25) is 0 Å². The number of benzene rings is 2. The number of aryl methyl sites for hydroxylation is 1. The van der Waals surface area contributed by atoms with Crippen LogP contribution in [-0.4, -0.2) is 23.6 Å². The van der Waals surface area contributed by atoms with E-state index in [0.29, 0.717) is 0 Å². The molecule has 0 bridgehead atoms. The van der Waals surface area contributed by atoms with E-state index in [1.165, 1.54) is 6.07 Å². The maximum atomic E-state index is 13.6. The largest absolute Gasteiger partial charge is 0.387 e. The van der Waals surface area contributed by atoms with E-state index in [2.05, 4.69) is 10.6 Å². The third-order valence-corrected chi connectivity index (χ3v) is 3.90. The summed E-state index contributed by atoms with van der Waals surface area (Å²) in [5.41, 5.74) is 1.33. The Morgan fingerprint density at radius 3 is 2.40 bits per heavy atom. The summed E-state index contributed by atoms with van der Waals surface area (Å²) >= 11 is 0. The van der Waals surface area contributed by atoms with Crippen LogP contribution < -0.4 is 10.6 Å². The number of anilines is 1. The number of nitrogens with one attached hydrogen (secondary N) is 2. The van der Waals surface area contributed by atoms with Crippen molar-refractivity contribution in [3.63, 3.8) is 0 Å². The molecule has 2 aromatic carbocycles. The summed E-state index contributed by atoms with van der Waals surface area (Å²) in [5, 5.41) is 15.7. The molecule has 134 valence electrons. The molecule has 2 aromatic rings. The van der Waals surface area contributed by atoms with E-state index in [-0.39, 0.29) is 30.5 Å². The Morgan fingerprint density at radius 1 is 1.12 bits per heavy atom. The van der Waals surface area contributed by atoms with Gasteiger partial charge in [-0.15, -0.1) is 0 Å². The standard InChI is InChI=1S/C19H22F2N2O2/c1-12-6-3-4-9-16(12)23-18(25)10-13(2)22-11-17(24)19-14(20)7-5-8-15(19)21/h3-9,13,17,22,24H,10-11H2,1-2H3,(H,23,25). The van der Waals surface area contributed by atoms with Crippen LogP contribution in [0.4, 0.5) is 14.5 Å². The van der Waals surface area contributed by atoms with Crippen LogP contribution in [0.25, 0.3) is 0 Å². The fourth-order valence-electron chi connectivity index (χ4n) is 2.51. The Kier molecular flexibility index (Phi) is 6.61. The normalized spacial score (nSPS) is 13.3. The smallest absolute Gasteiger partial charge is 0.225 e. The highest BCUT2D eigenvalue weighted by atomic mass is 19.1. The fraction of sp³-hybridized carbons (Fsp3) is 0.316. The number of amides is 1. The Labute approximate surface area is 145 Å². The molecule has 3 N–H and O–H groups in total. The molecule has 1 amide bonds. The van der Waals surface area contributed by atoms with Gasteiger partial charge in [0.15, 0.2) is 0 Å². The molecule has 4 nitrogen and oxygen atoms in total. The van der Waals surface area contributed by atoms with Gasteiger partial charge in [0.2, 0.25) is 5.91 Å². The van der Waals surface area contributed by atoms with Crippen molar-refractivity contribution in [1.82, 2.24) is 5.32 Å². The third-order valence-electron chi connectivity index (χ3n) is 3.90. The fourth-order valence-corrected chi connectivity index (χ4v) is 2.51. The predicted octanol–water partition coefficient (Wildman–Crippen LogP) is 3.31. The molecule has 25 heavy (non-hydrogen) atoms. The molecule has 0 radical (unpaired) electrons. The number of halogens is 2. The van der Waals surface area contributed by atoms with Crippen LogP contribution in [0.1, 0.15) is 30.6 Å². The number of para-hydroxylation sites is 1. The second-order valence-corrected chi connectivity index (χ2v) is 6.03. The van der Waals surface area contributed by atoms with E-state index < -0.39 is 17.7 Å². The van der Waals surface area contributed by atoms with Gasteiger partial charge in [0.05, 0.1) is 11.7 Å². The molecule has 2 unspecified atom stereocenters. The molecule has 0 aliphatic heterocycles. The molecular weight excluding hydrogens is 326 g/mol. The zero-order valence-corrected chi connectivity index (χ0v) is 14.2. The highest BCUT2D eigenvalue weighted by Crippen LogP contribution is 2.20. The molecule has 0 spiro atoms. The Morgan fingerprint density at radius 2 is 1.76 bits per heavy atom. The van der Waals surface area contributed by atoms with E-state index in [0.717, 1.165) is 23.4 Å². The average molecular weight is 348 g/mol. The Bertz CT molecular complexity index is 717. The number of hydrogen-bond donors (Lipinski definition) is 3. The zero-order valence-electron chi connectivity index (χ0n) is 14.2. The lowest BCUT2D eigenvalue weighted by Crippen LogP contribution is -2.34. The van der Waals surface area contributed by atoms with Gasteiger partial charge in [-0.25, -0.2) is 8.78 Å². The lowest BCUT2D eigenvalue weighted by molar-refractivity contribution is -0.116. The van der Waals surface area contributed by atoms with Crippen molar-refractivity contribution in [2.75, 3.05) is 11.9 Å². The number of aliphatic hydroxyl groups excluding tert-OH is 1. The first-order valence-electron chi connectivity index (χ1n) is 8.09. The second-order valence-electron chi connectivity index (χ2n) is 6.03. The summed E-state index contributed by atoms with van der Waals surface area (Å²) in [6, 6.07) is 10.6. The lowest BCUT2D eigenvalue weighted by Gasteiger charge is -2.18.